The molecule has 0 unspecified atom stereocenters. The van der Waals surface area contributed by atoms with Crippen LogP contribution < -0.4 is 16.4 Å². The fourth-order valence-electron chi connectivity index (χ4n) is 2.69. The summed E-state index contributed by atoms with van der Waals surface area (Å²) in [6.45, 7) is 5.04. The Bertz CT molecular complexity index is 540. The lowest BCUT2D eigenvalue weighted by molar-refractivity contribution is 0.568. The molecule has 4 heteroatoms. The molecular weight excluding hydrogens is 306 g/mol. The Hall–Kier alpha value is -1.13. The van der Waals surface area contributed by atoms with Gasteiger partial charge in [-0.25, -0.2) is 0 Å². The molecule has 0 aromatic heterocycles. The van der Waals surface area contributed by atoms with Gasteiger partial charge in [-0.1, -0.05) is 42.5 Å². The number of benzene rings is 2. The first-order chi connectivity index (χ1) is 10.9. The highest BCUT2D eigenvalue weighted by Gasteiger charge is 1.99. The molecule has 4 N–H and O–H groups in total. The Morgan fingerprint density at radius 3 is 2.17 bits per heavy atom. The van der Waals surface area contributed by atoms with Crippen LogP contribution in [0.1, 0.15) is 31.2 Å². The Kier molecular flexibility index (Phi) is 10.7. The SMILES string of the molecule is Cl.NCCCCNCCCCNCc1cccc2ccccc12. The van der Waals surface area contributed by atoms with Crippen molar-refractivity contribution < 1.29 is 0 Å². The van der Waals surface area contributed by atoms with E-state index in [0.717, 1.165) is 39.1 Å². The highest BCUT2D eigenvalue weighted by atomic mass is 35.5. The van der Waals surface area contributed by atoms with Crippen molar-refractivity contribution in [2.45, 2.75) is 32.2 Å². The normalized spacial score (nSPS) is 10.7. The van der Waals surface area contributed by atoms with Crippen LogP contribution >= 0.6 is 12.4 Å². The van der Waals surface area contributed by atoms with Gasteiger partial charge in [0.15, 0.2) is 0 Å². The Balaban J connectivity index is 0.00000264. The van der Waals surface area contributed by atoms with Gasteiger partial charge in [0.05, 0.1) is 0 Å². The lowest BCUT2D eigenvalue weighted by atomic mass is 10.0. The van der Waals surface area contributed by atoms with E-state index < -0.39 is 0 Å². The molecule has 0 heterocycles. The van der Waals surface area contributed by atoms with Crippen molar-refractivity contribution >= 4 is 23.2 Å². The first-order valence-electron chi connectivity index (χ1n) is 8.50. The number of nitrogens with one attached hydrogen (secondary N) is 2. The van der Waals surface area contributed by atoms with E-state index in [4.69, 9.17) is 5.73 Å². The van der Waals surface area contributed by atoms with E-state index in [0.29, 0.717) is 0 Å². The Morgan fingerprint density at radius 2 is 1.39 bits per heavy atom. The van der Waals surface area contributed by atoms with E-state index in [9.17, 15) is 0 Å². The number of rotatable bonds is 11. The summed E-state index contributed by atoms with van der Waals surface area (Å²) in [7, 11) is 0. The van der Waals surface area contributed by atoms with Crippen LogP contribution in [0.15, 0.2) is 42.5 Å². The zero-order valence-corrected chi connectivity index (χ0v) is 14.7. The molecule has 3 nitrogen and oxygen atoms in total. The fourth-order valence-corrected chi connectivity index (χ4v) is 2.69. The minimum absolute atomic E-state index is 0. The topological polar surface area (TPSA) is 50.1 Å². The standard InChI is InChI=1S/C19H29N3.ClH/c20-12-3-4-13-21-14-5-6-15-22-16-18-10-7-9-17-8-1-2-11-19(17)18;/h1-2,7-11,21-22H,3-6,12-16,20H2;1H. The van der Waals surface area contributed by atoms with Gasteiger partial charge in [-0.15, -0.1) is 12.4 Å². The second-order valence-corrected chi connectivity index (χ2v) is 5.77. The zero-order chi connectivity index (χ0) is 15.5. The van der Waals surface area contributed by atoms with Gasteiger partial charge in [0.1, 0.15) is 0 Å². The maximum absolute atomic E-state index is 5.47. The van der Waals surface area contributed by atoms with Gasteiger partial charge in [-0.05, 0) is 68.2 Å². The second-order valence-electron chi connectivity index (χ2n) is 5.77. The molecule has 0 atom stereocenters. The molecule has 128 valence electrons. The van der Waals surface area contributed by atoms with Crippen LogP contribution in [0.2, 0.25) is 0 Å². The van der Waals surface area contributed by atoms with Gasteiger partial charge in [-0.3, -0.25) is 0 Å². The van der Waals surface area contributed by atoms with E-state index >= 15 is 0 Å². The third-order valence-electron chi connectivity index (χ3n) is 3.96. The van der Waals surface area contributed by atoms with E-state index in [1.165, 1.54) is 35.6 Å². The minimum atomic E-state index is 0. The van der Waals surface area contributed by atoms with Gasteiger partial charge in [0.2, 0.25) is 0 Å². The Labute approximate surface area is 146 Å². The van der Waals surface area contributed by atoms with Gasteiger partial charge in [0, 0.05) is 6.54 Å². The Morgan fingerprint density at radius 1 is 0.739 bits per heavy atom. The van der Waals surface area contributed by atoms with E-state index in [-0.39, 0.29) is 12.4 Å². The highest BCUT2D eigenvalue weighted by molar-refractivity contribution is 5.85. The molecule has 0 aliphatic carbocycles. The van der Waals surface area contributed by atoms with Crippen molar-refractivity contribution in [3.8, 4) is 0 Å². The number of hydrogen-bond donors (Lipinski definition) is 3. The maximum atomic E-state index is 5.47. The molecule has 0 radical (unpaired) electrons. The number of unbranched alkanes of at least 4 members (excludes halogenated alkanes) is 2. The molecule has 0 fully saturated rings. The average Bonchev–Trinajstić information content (AvgIpc) is 2.56. The van der Waals surface area contributed by atoms with Crippen LogP contribution in [0, 0.1) is 0 Å². The molecule has 0 aliphatic heterocycles. The first-order valence-corrected chi connectivity index (χ1v) is 8.50. The quantitative estimate of drug-likeness (QED) is 0.551. The lowest BCUT2D eigenvalue weighted by Gasteiger charge is -2.08. The predicted molar refractivity (Wildman–Crippen MR) is 103 cm³/mol. The fraction of sp³-hybridized carbons (Fsp3) is 0.474. The number of nitrogens with two attached hydrogens (primary N) is 1. The number of halogens is 1. The van der Waals surface area contributed by atoms with Crippen molar-refractivity contribution in [2.24, 2.45) is 5.73 Å². The third-order valence-corrected chi connectivity index (χ3v) is 3.96. The first kappa shape index (κ1) is 19.9. The van der Waals surface area contributed by atoms with E-state index in [1.54, 1.807) is 0 Å². The summed E-state index contributed by atoms with van der Waals surface area (Å²) >= 11 is 0. The molecular formula is C19H30ClN3. The smallest absolute Gasteiger partial charge is 0.0211 e. The predicted octanol–water partition coefficient (Wildman–Crippen LogP) is 3.46. The number of fused-ring (bicyclic) bond motifs is 1. The highest BCUT2D eigenvalue weighted by Crippen LogP contribution is 2.18. The summed E-state index contributed by atoms with van der Waals surface area (Å²) in [5.74, 6) is 0. The van der Waals surface area contributed by atoms with E-state index in [1.807, 2.05) is 0 Å². The van der Waals surface area contributed by atoms with Crippen molar-refractivity contribution in [3.63, 3.8) is 0 Å². The molecule has 2 aromatic rings. The zero-order valence-electron chi connectivity index (χ0n) is 13.9. The van der Waals surface area contributed by atoms with Gasteiger partial charge >= 0.3 is 0 Å². The molecule has 0 aliphatic rings. The molecule has 0 bridgehead atoms. The molecule has 0 saturated heterocycles. The monoisotopic (exact) mass is 335 g/mol. The van der Waals surface area contributed by atoms with Crippen molar-refractivity contribution in [3.05, 3.63) is 48.0 Å². The summed E-state index contributed by atoms with van der Waals surface area (Å²) in [5, 5.41) is 9.71. The average molecular weight is 336 g/mol. The minimum Gasteiger partial charge on any atom is -0.330 e. The summed E-state index contributed by atoms with van der Waals surface area (Å²) in [4.78, 5) is 0. The molecule has 2 aromatic carbocycles. The van der Waals surface area contributed by atoms with E-state index in [2.05, 4.69) is 53.1 Å². The van der Waals surface area contributed by atoms with Gasteiger partial charge in [0.25, 0.3) is 0 Å². The summed E-state index contributed by atoms with van der Waals surface area (Å²) in [5.41, 5.74) is 6.86. The van der Waals surface area contributed by atoms with Crippen molar-refractivity contribution in [2.75, 3.05) is 26.2 Å². The molecule has 0 amide bonds. The summed E-state index contributed by atoms with van der Waals surface area (Å²) < 4.78 is 0. The van der Waals surface area contributed by atoms with Crippen LogP contribution in [-0.4, -0.2) is 26.2 Å². The molecule has 0 saturated carbocycles. The largest absolute Gasteiger partial charge is 0.330 e. The second kappa shape index (κ2) is 12.3. The van der Waals surface area contributed by atoms with Crippen LogP contribution in [0.25, 0.3) is 10.8 Å². The van der Waals surface area contributed by atoms with Gasteiger partial charge < -0.3 is 16.4 Å². The third kappa shape index (κ3) is 7.32. The van der Waals surface area contributed by atoms with Crippen LogP contribution in [-0.2, 0) is 6.54 Å². The van der Waals surface area contributed by atoms with Crippen molar-refractivity contribution in [1.29, 1.82) is 0 Å². The summed E-state index contributed by atoms with van der Waals surface area (Å²) in [6.07, 6.45) is 4.76. The molecule has 2 rings (SSSR count). The molecule has 23 heavy (non-hydrogen) atoms. The summed E-state index contributed by atoms with van der Waals surface area (Å²) in [6, 6.07) is 15.1. The molecule has 0 spiro atoms. The lowest BCUT2D eigenvalue weighted by Crippen LogP contribution is -2.20. The van der Waals surface area contributed by atoms with Crippen LogP contribution in [0.5, 0.6) is 0 Å². The van der Waals surface area contributed by atoms with Crippen LogP contribution in [0.3, 0.4) is 0 Å². The van der Waals surface area contributed by atoms with Crippen molar-refractivity contribution in [1.82, 2.24) is 10.6 Å². The maximum Gasteiger partial charge on any atom is 0.0211 e. The van der Waals surface area contributed by atoms with Gasteiger partial charge in [-0.2, -0.15) is 0 Å². The van der Waals surface area contributed by atoms with Crippen LogP contribution in [0.4, 0.5) is 0 Å². The number of hydrogen-bond acceptors (Lipinski definition) is 3.